The zero-order valence-electron chi connectivity index (χ0n) is 11.8. The van der Waals surface area contributed by atoms with E-state index >= 15 is 0 Å². The van der Waals surface area contributed by atoms with E-state index in [0.29, 0.717) is 5.56 Å². The highest BCUT2D eigenvalue weighted by molar-refractivity contribution is 5.79. The molecule has 0 saturated carbocycles. The quantitative estimate of drug-likeness (QED) is 0.653. The van der Waals surface area contributed by atoms with Crippen molar-refractivity contribution in [2.45, 2.75) is 19.6 Å². The highest BCUT2D eigenvalue weighted by Crippen LogP contribution is 2.11. The van der Waals surface area contributed by atoms with Crippen LogP contribution in [0.1, 0.15) is 12.5 Å². The van der Waals surface area contributed by atoms with Gasteiger partial charge >= 0.3 is 5.97 Å². The Morgan fingerprint density at radius 2 is 2.19 bits per heavy atom. The number of nitrogens with one attached hydrogen (secondary N) is 1. The third-order valence-corrected chi connectivity index (χ3v) is 3.00. The number of benzene rings is 1. The summed E-state index contributed by atoms with van der Waals surface area (Å²) < 4.78 is 10.3. The lowest BCUT2D eigenvalue weighted by molar-refractivity contribution is -0.156. The van der Waals surface area contributed by atoms with Crippen molar-refractivity contribution in [3.05, 3.63) is 58.9 Å². The van der Waals surface area contributed by atoms with Crippen LogP contribution in [0.4, 0.5) is 0 Å². The SMILES string of the molecule is C=CCOC(C)C(=O)OCc1cc2ccccc2[nH]c1=O. The second kappa shape index (κ2) is 6.85. The van der Waals surface area contributed by atoms with E-state index in [0.717, 1.165) is 10.9 Å². The minimum absolute atomic E-state index is 0.0825. The molecule has 0 aliphatic heterocycles. The molecule has 2 aromatic rings. The van der Waals surface area contributed by atoms with Crippen molar-refractivity contribution in [1.29, 1.82) is 0 Å². The third kappa shape index (κ3) is 3.79. The summed E-state index contributed by atoms with van der Waals surface area (Å²) in [7, 11) is 0. The van der Waals surface area contributed by atoms with E-state index in [1.807, 2.05) is 24.3 Å². The van der Waals surface area contributed by atoms with Crippen LogP contribution in [-0.4, -0.2) is 23.7 Å². The Balaban J connectivity index is 2.06. The fourth-order valence-corrected chi connectivity index (χ4v) is 1.85. The molecule has 5 nitrogen and oxygen atoms in total. The van der Waals surface area contributed by atoms with Crippen LogP contribution >= 0.6 is 0 Å². The molecule has 1 atom stereocenters. The summed E-state index contributed by atoms with van der Waals surface area (Å²) in [6.07, 6.45) is 0.861. The van der Waals surface area contributed by atoms with Gasteiger partial charge in [0, 0.05) is 5.52 Å². The summed E-state index contributed by atoms with van der Waals surface area (Å²) >= 11 is 0. The van der Waals surface area contributed by atoms with Crippen LogP contribution < -0.4 is 5.56 Å². The van der Waals surface area contributed by atoms with Crippen molar-refractivity contribution in [1.82, 2.24) is 4.98 Å². The number of fused-ring (bicyclic) bond motifs is 1. The van der Waals surface area contributed by atoms with Crippen molar-refractivity contribution in [2.75, 3.05) is 6.61 Å². The van der Waals surface area contributed by atoms with Crippen molar-refractivity contribution in [2.24, 2.45) is 0 Å². The van der Waals surface area contributed by atoms with E-state index in [-0.39, 0.29) is 18.8 Å². The lowest BCUT2D eigenvalue weighted by atomic mass is 10.1. The van der Waals surface area contributed by atoms with Gasteiger partial charge in [-0.05, 0) is 24.4 Å². The standard InChI is InChI=1S/C16H17NO4/c1-3-8-20-11(2)16(19)21-10-13-9-12-6-4-5-7-14(12)17-15(13)18/h3-7,9,11H,1,8,10H2,2H3,(H,17,18). The molecular weight excluding hydrogens is 270 g/mol. The van der Waals surface area contributed by atoms with Gasteiger partial charge < -0.3 is 14.5 Å². The molecule has 1 aromatic carbocycles. The first-order valence-corrected chi connectivity index (χ1v) is 6.62. The fraction of sp³-hybridized carbons (Fsp3) is 0.250. The topological polar surface area (TPSA) is 68.4 Å². The summed E-state index contributed by atoms with van der Waals surface area (Å²) in [5.41, 5.74) is 0.888. The van der Waals surface area contributed by atoms with Crippen LogP contribution in [0.5, 0.6) is 0 Å². The van der Waals surface area contributed by atoms with E-state index in [1.165, 1.54) is 0 Å². The summed E-state index contributed by atoms with van der Waals surface area (Å²) in [4.78, 5) is 26.4. The number of hydrogen-bond acceptors (Lipinski definition) is 4. The van der Waals surface area contributed by atoms with Gasteiger partial charge in [0.15, 0.2) is 6.10 Å². The van der Waals surface area contributed by atoms with Crippen LogP contribution in [0.3, 0.4) is 0 Å². The van der Waals surface area contributed by atoms with Gasteiger partial charge in [0.2, 0.25) is 0 Å². The number of pyridine rings is 1. The summed E-state index contributed by atoms with van der Waals surface area (Å²) in [5, 5.41) is 0.888. The normalized spacial score (nSPS) is 12.0. The first-order chi connectivity index (χ1) is 10.1. The van der Waals surface area contributed by atoms with Crippen molar-refractivity contribution in [3.63, 3.8) is 0 Å². The van der Waals surface area contributed by atoms with E-state index in [2.05, 4.69) is 11.6 Å². The van der Waals surface area contributed by atoms with Crippen LogP contribution in [-0.2, 0) is 20.9 Å². The number of aromatic amines is 1. The molecule has 1 N–H and O–H groups in total. The number of H-pyrrole nitrogens is 1. The van der Waals surface area contributed by atoms with E-state index in [1.54, 1.807) is 19.1 Å². The molecule has 0 saturated heterocycles. The minimum atomic E-state index is -0.692. The molecule has 1 aromatic heterocycles. The highest BCUT2D eigenvalue weighted by Gasteiger charge is 2.15. The average molecular weight is 287 g/mol. The molecule has 110 valence electrons. The predicted molar refractivity (Wildman–Crippen MR) is 80.0 cm³/mol. The summed E-state index contributed by atoms with van der Waals surface area (Å²) in [6, 6.07) is 9.14. The number of ether oxygens (including phenoxy) is 2. The number of rotatable bonds is 6. The maximum atomic E-state index is 11.9. The Bertz CT molecular complexity index is 705. The molecular formula is C16H17NO4. The number of esters is 1. The molecule has 0 amide bonds. The largest absolute Gasteiger partial charge is 0.459 e. The molecule has 0 spiro atoms. The molecule has 5 heteroatoms. The predicted octanol–water partition coefficient (Wildman–Crippen LogP) is 2.16. The zero-order chi connectivity index (χ0) is 15.2. The molecule has 0 bridgehead atoms. The first kappa shape index (κ1) is 15.0. The third-order valence-electron chi connectivity index (χ3n) is 3.00. The molecule has 1 heterocycles. The molecule has 0 radical (unpaired) electrons. The van der Waals surface area contributed by atoms with E-state index < -0.39 is 12.1 Å². The first-order valence-electron chi connectivity index (χ1n) is 6.62. The lowest BCUT2D eigenvalue weighted by Gasteiger charge is -2.11. The number of hydrogen-bond donors (Lipinski definition) is 1. The fourth-order valence-electron chi connectivity index (χ4n) is 1.85. The molecule has 1 unspecified atom stereocenters. The van der Waals surface area contributed by atoms with Crippen LogP contribution in [0.2, 0.25) is 0 Å². The second-order valence-electron chi connectivity index (χ2n) is 4.58. The second-order valence-corrected chi connectivity index (χ2v) is 4.58. The van der Waals surface area contributed by atoms with E-state index in [4.69, 9.17) is 9.47 Å². The smallest absolute Gasteiger partial charge is 0.335 e. The Hall–Kier alpha value is -2.40. The Morgan fingerprint density at radius 1 is 1.43 bits per heavy atom. The van der Waals surface area contributed by atoms with Crippen molar-refractivity contribution in [3.8, 4) is 0 Å². The molecule has 21 heavy (non-hydrogen) atoms. The van der Waals surface area contributed by atoms with Gasteiger partial charge in [-0.2, -0.15) is 0 Å². The number of para-hydroxylation sites is 1. The number of aromatic nitrogens is 1. The highest BCUT2D eigenvalue weighted by atomic mass is 16.6. The Morgan fingerprint density at radius 3 is 2.95 bits per heavy atom. The molecule has 0 fully saturated rings. The van der Waals surface area contributed by atoms with Crippen molar-refractivity contribution >= 4 is 16.9 Å². The molecule has 0 aliphatic rings. The van der Waals surface area contributed by atoms with Crippen LogP contribution in [0.15, 0.2) is 47.8 Å². The van der Waals surface area contributed by atoms with Crippen LogP contribution in [0.25, 0.3) is 10.9 Å². The Labute approximate surface area is 122 Å². The van der Waals surface area contributed by atoms with Gasteiger partial charge in [0.05, 0.1) is 12.2 Å². The van der Waals surface area contributed by atoms with Crippen LogP contribution in [0, 0.1) is 0 Å². The summed E-state index contributed by atoms with van der Waals surface area (Å²) in [6.45, 7) is 5.29. The number of carbonyl (C=O) groups excluding carboxylic acids is 1. The van der Waals surface area contributed by atoms with Gasteiger partial charge in [0.1, 0.15) is 6.61 Å². The lowest BCUT2D eigenvalue weighted by Crippen LogP contribution is -2.24. The average Bonchev–Trinajstić information content (AvgIpc) is 2.50. The maximum Gasteiger partial charge on any atom is 0.335 e. The van der Waals surface area contributed by atoms with Gasteiger partial charge in [0.25, 0.3) is 5.56 Å². The molecule has 2 rings (SSSR count). The van der Waals surface area contributed by atoms with E-state index in [9.17, 15) is 9.59 Å². The summed E-state index contributed by atoms with van der Waals surface area (Å²) in [5.74, 6) is -0.510. The van der Waals surface area contributed by atoms with Gasteiger partial charge in [-0.3, -0.25) is 4.79 Å². The Kier molecular flexibility index (Phi) is 4.90. The van der Waals surface area contributed by atoms with Gasteiger partial charge in [-0.1, -0.05) is 24.3 Å². The monoisotopic (exact) mass is 287 g/mol. The van der Waals surface area contributed by atoms with Gasteiger partial charge in [-0.25, -0.2) is 4.79 Å². The van der Waals surface area contributed by atoms with Crippen molar-refractivity contribution < 1.29 is 14.3 Å². The minimum Gasteiger partial charge on any atom is -0.459 e. The number of carbonyl (C=O) groups is 1. The molecule has 0 aliphatic carbocycles. The maximum absolute atomic E-state index is 11.9. The van der Waals surface area contributed by atoms with Gasteiger partial charge in [-0.15, -0.1) is 6.58 Å². The zero-order valence-corrected chi connectivity index (χ0v) is 11.8.